The van der Waals surface area contributed by atoms with Gasteiger partial charge in [0, 0.05) is 5.33 Å². The Kier molecular flexibility index (Phi) is 4.82. The van der Waals surface area contributed by atoms with Crippen molar-refractivity contribution in [1.82, 2.24) is 0 Å². The number of alkyl halides is 1. The van der Waals surface area contributed by atoms with Crippen molar-refractivity contribution >= 4 is 21.6 Å². The Balaban J connectivity index is 2.05. The standard InChI is InChI=1S/C15H16BrNO2/c16-9-14(18)12-6-7-15(13(17)8-12)19-10-11-4-2-1-3-5-11/h1-8,14,18H,9-10,17H2/t14-/m1/s1. The number of nitrogens with two attached hydrogens (primary N) is 1. The third-order valence-corrected chi connectivity index (χ3v) is 3.42. The molecule has 0 heterocycles. The number of aliphatic hydroxyl groups excluding tert-OH is 1. The summed E-state index contributed by atoms with van der Waals surface area (Å²) < 4.78 is 5.67. The monoisotopic (exact) mass is 321 g/mol. The predicted molar refractivity (Wildman–Crippen MR) is 80.4 cm³/mol. The molecule has 1 atom stereocenters. The van der Waals surface area contributed by atoms with Crippen molar-refractivity contribution < 1.29 is 9.84 Å². The Morgan fingerprint density at radius 2 is 1.89 bits per heavy atom. The third-order valence-electron chi connectivity index (χ3n) is 2.80. The molecular formula is C15H16BrNO2. The molecule has 0 radical (unpaired) electrons. The fourth-order valence-corrected chi connectivity index (χ4v) is 2.10. The molecule has 0 aliphatic heterocycles. The maximum atomic E-state index is 9.71. The molecule has 4 heteroatoms. The molecule has 3 nitrogen and oxygen atoms in total. The molecule has 0 unspecified atom stereocenters. The molecule has 2 aromatic rings. The fraction of sp³-hybridized carbons (Fsp3) is 0.200. The van der Waals surface area contributed by atoms with Gasteiger partial charge in [0.25, 0.3) is 0 Å². The molecule has 0 aromatic heterocycles. The van der Waals surface area contributed by atoms with Crippen LogP contribution in [0.25, 0.3) is 0 Å². The van der Waals surface area contributed by atoms with Crippen LogP contribution in [0, 0.1) is 0 Å². The van der Waals surface area contributed by atoms with Gasteiger partial charge in [0.15, 0.2) is 0 Å². The van der Waals surface area contributed by atoms with Gasteiger partial charge in [-0.3, -0.25) is 0 Å². The van der Waals surface area contributed by atoms with Crippen molar-refractivity contribution in [2.75, 3.05) is 11.1 Å². The number of hydrogen-bond acceptors (Lipinski definition) is 3. The van der Waals surface area contributed by atoms with Crippen LogP contribution in [0.4, 0.5) is 5.69 Å². The first-order valence-electron chi connectivity index (χ1n) is 6.01. The SMILES string of the molecule is Nc1cc([C@H](O)CBr)ccc1OCc1ccccc1. The van der Waals surface area contributed by atoms with Gasteiger partial charge >= 0.3 is 0 Å². The molecule has 0 bridgehead atoms. The van der Waals surface area contributed by atoms with E-state index in [9.17, 15) is 5.11 Å². The van der Waals surface area contributed by atoms with Crippen LogP contribution in [0.5, 0.6) is 5.75 Å². The van der Waals surface area contributed by atoms with Crippen LogP contribution in [0.15, 0.2) is 48.5 Å². The summed E-state index contributed by atoms with van der Waals surface area (Å²) in [5.41, 5.74) is 8.33. The summed E-state index contributed by atoms with van der Waals surface area (Å²) >= 11 is 3.23. The number of benzene rings is 2. The van der Waals surface area contributed by atoms with Crippen LogP contribution in [-0.4, -0.2) is 10.4 Å². The Morgan fingerprint density at radius 3 is 2.53 bits per heavy atom. The molecule has 0 aliphatic rings. The summed E-state index contributed by atoms with van der Waals surface area (Å²) in [7, 11) is 0. The van der Waals surface area contributed by atoms with E-state index >= 15 is 0 Å². The van der Waals surface area contributed by atoms with E-state index in [0.29, 0.717) is 23.4 Å². The molecule has 2 rings (SSSR count). The average molecular weight is 322 g/mol. The van der Waals surface area contributed by atoms with Gasteiger partial charge in [-0.2, -0.15) is 0 Å². The number of halogens is 1. The fourth-order valence-electron chi connectivity index (χ4n) is 1.73. The van der Waals surface area contributed by atoms with Gasteiger partial charge in [0.1, 0.15) is 12.4 Å². The Hall–Kier alpha value is -1.52. The molecule has 0 aliphatic carbocycles. The molecule has 19 heavy (non-hydrogen) atoms. The smallest absolute Gasteiger partial charge is 0.142 e. The van der Waals surface area contributed by atoms with Crippen molar-refractivity contribution in [1.29, 1.82) is 0 Å². The van der Waals surface area contributed by atoms with E-state index in [1.807, 2.05) is 36.4 Å². The highest BCUT2D eigenvalue weighted by Crippen LogP contribution is 2.27. The normalized spacial score (nSPS) is 12.1. The zero-order valence-corrected chi connectivity index (χ0v) is 12.0. The summed E-state index contributed by atoms with van der Waals surface area (Å²) in [5.74, 6) is 0.634. The van der Waals surface area contributed by atoms with Gasteiger partial charge < -0.3 is 15.6 Å². The minimum atomic E-state index is -0.550. The number of ether oxygens (including phenoxy) is 1. The van der Waals surface area contributed by atoms with Crippen LogP contribution in [0.3, 0.4) is 0 Å². The van der Waals surface area contributed by atoms with Gasteiger partial charge in [0.05, 0.1) is 11.8 Å². The van der Waals surface area contributed by atoms with Crippen LogP contribution in [0.1, 0.15) is 17.2 Å². The van der Waals surface area contributed by atoms with E-state index in [1.165, 1.54) is 0 Å². The van der Waals surface area contributed by atoms with E-state index in [-0.39, 0.29) is 0 Å². The van der Waals surface area contributed by atoms with Gasteiger partial charge in [-0.1, -0.05) is 52.3 Å². The first-order chi connectivity index (χ1) is 9.20. The highest BCUT2D eigenvalue weighted by Gasteiger charge is 2.08. The molecule has 0 fully saturated rings. The summed E-state index contributed by atoms with van der Waals surface area (Å²) in [6.45, 7) is 0.478. The van der Waals surface area contributed by atoms with Crippen LogP contribution < -0.4 is 10.5 Å². The van der Waals surface area contributed by atoms with Crippen molar-refractivity contribution in [3.05, 3.63) is 59.7 Å². The zero-order chi connectivity index (χ0) is 13.7. The number of rotatable bonds is 5. The number of aliphatic hydroxyl groups is 1. The molecule has 0 spiro atoms. The lowest BCUT2D eigenvalue weighted by atomic mass is 10.1. The number of hydrogen-bond donors (Lipinski definition) is 2. The van der Waals surface area contributed by atoms with Crippen molar-refractivity contribution in [2.45, 2.75) is 12.7 Å². The first kappa shape index (κ1) is 13.9. The maximum absolute atomic E-state index is 9.71. The Bertz CT molecular complexity index is 531. The van der Waals surface area contributed by atoms with E-state index in [0.717, 1.165) is 11.1 Å². The molecule has 0 saturated heterocycles. The van der Waals surface area contributed by atoms with Crippen LogP contribution in [-0.2, 0) is 6.61 Å². The molecule has 100 valence electrons. The molecule has 3 N–H and O–H groups in total. The van der Waals surface area contributed by atoms with E-state index < -0.39 is 6.10 Å². The van der Waals surface area contributed by atoms with E-state index in [2.05, 4.69) is 15.9 Å². The summed E-state index contributed by atoms with van der Waals surface area (Å²) in [6.07, 6.45) is -0.550. The Morgan fingerprint density at radius 1 is 1.16 bits per heavy atom. The highest BCUT2D eigenvalue weighted by molar-refractivity contribution is 9.09. The number of anilines is 1. The van der Waals surface area contributed by atoms with Crippen LogP contribution in [0.2, 0.25) is 0 Å². The van der Waals surface area contributed by atoms with Crippen LogP contribution >= 0.6 is 15.9 Å². The number of nitrogen functional groups attached to an aromatic ring is 1. The minimum absolute atomic E-state index is 0.478. The average Bonchev–Trinajstić information content (AvgIpc) is 2.46. The van der Waals surface area contributed by atoms with Crippen molar-refractivity contribution in [2.24, 2.45) is 0 Å². The lowest BCUT2D eigenvalue weighted by Crippen LogP contribution is -2.02. The summed E-state index contributed by atoms with van der Waals surface area (Å²) in [6, 6.07) is 15.3. The van der Waals surface area contributed by atoms with Gasteiger partial charge in [-0.05, 0) is 23.3 Å². The lowest BCUT2D eigenvalue weighted by Gasteiger charge is -2.12. The topological polar surface area (TPSA) is 55.5 Å². The zero-order valence-electron chi connectivity index (χ0n) is 10.4. The summed E-state index contributed by atoms with van der Waals surface area (Å²) in [5, 5.41) is 10.2. The van der Waals surface area contributed by atoms with E-state index in [4.69, 9.17) is 10.5 Å². The minimum Gasteiger partial charge on any atom is -0.487 e. The second kappa shape index (κ2) is 6.59. The molecule has 2 aromatic carbocycles. The summed E-state index contributed by atoms with van der Waals surface area (Å²) in [4.78, 5) is 0. The highest BCUT2D eigenvalue weighted by atomic mass is 79.9. The lowest BCUT2D eigenvalue weighted by molar-refractivity contribution is 0.205. The molecule has 0 saturated carbocycles. The molecule has 0 amide bonds. The predicted octanol–water partition coefficient (Wildman–Crippen LogP) is 3.28. The second-order valence-corrected chi connectivity index (χ2v) is 4.89. The largest absolute Gasteiger partial charge is 0.487 e. The first-order valence-corrected chi connectivity index (χ1v) is 7.13. The van der Waals surface area contributed by atoms with Gasteiger partial charge in [0.2, 0.25) is 0 Å². The van der Waals surface area contributed by atoms with Crippen molar-refractivity contribution in [3.63, 3.8) is 0 Å². The van der Waals surface area contributed by atoms with E-state index in [1.54, 1.807) is 12.1 Å². The quantitative estimate of drug-likeness (QED) is 0.656. The van der Waals surface area contributed by atoms with Crippen molar-refractivity contribution in [3.8, 4) is 5.75 Å². The van der Waals surface area contributed by atoms with Gasteiger partial charge in [-0.15, -0.1) is 0 Å². The van der Waals surface area contributed by atoms with Gasteiger partial charge in [-0.25, -0.2) is 0 Å². The second-order valence-electron chi connectivity index (χ2n) is 4.24. The maximum Gasteiger partial charge on any atom is 0.142 e. The molecular weight excluding hydrogens is 306 g/mol. The Labute approximate surface area is 121 Å². The third kappa shape index (κ3) is 3.72.